The number of thiophene rings is 1. The van der Waals surface area contributed by atoms with Crippen molar-refractivity contribution in [3.05, 3.63) is 69.7 Å². The number of pyridine rings is 1. The molecule has 0 aliphatic rings. The Morgan fingerprint density at radius 2 is 1.97 bits per heavy atom. The van der Waals surface area contributed by atoms with Gasteiger partial charge in [-0.15, -0.1) is 23.7 Å². The molecule has 0 fully saturated rings. The topological polar surface area (TPSA) is 78.7 Å². The Balaban J connectivity index is 0.00000225. The quantitative estimate of drug-likeness (QED) is 0.556. The van der Waals surface area contributed by atoms with Crippen LogP contribution in [0.3, 0.4) is 0 Å². The summed E-state index contributed by atoms with van der Waals surface area (Å²) in [7, 11) is 0. The molecule has 12 heteroatoms. The first-order valence-corrected chi connectivity index (χ1v) is 8.86. The fraction of sp³-hybridized carbons (Fsp3) is 0.278. The largest absolute Gasteiger partial charge is 0.433 e. The molecule has 0 aliphatic carbocycles. The van der Waals surface area contributed by atoms with Gasteiger partial charge < -0.3 is 5.73 Å². The van der Waals surface area contributed by atoms with Crippen molar-refractivity contribution in [3.8, 4) is 10.4 Å². The smallest absolute Gasteiger partial charge is 0.327 e. The number of nitrogens with zero attached hydrogens (tertiary/aromatic N) is 4. The van der Waals surface area contributed by atoms with Crippen LogP contribution in [0.25, 0.3) is 10.4 Å². The average Bonchev–Trinajstić information content (AvgIpc) is 3.27. The highest BCUT2D eigenvalue weighted by atomic mass is 35.5. The number of rotatable bonds is 6. The first kappa shape index (κ1) is 25.5. The third kappa shape index (κ3) is 5.77. The fourth-order valence-electron chi connectivity index (χ4n) is 2.42. The molecule has 0 radical (unpaired) electrons. The van der Waals surface area contributed by atoms with Crippen molar-refractivity contribution in [2.24, 2.45) is 5.73 Å². The van der Waals surface area contributed by atoms with Crippen LogP contribution < -0.4 is 11.4 Å². The van der Waals surface area contributed by atoms with E-state index in [0.29, 0.717) is 11.9 Å². The molecule has 3 rings (SSSR count). The second kappa shape index (κ2) is 10.5. The van der Waals surface area contributed by atoms with Crippen LogP contribution in [0.2, 0.25) is 0 Å². The summed E-state index contributed by atoms with van der Waals surface area (Å²) in [5.74, 6) is 0. The van der Waals surface area contributed by atoms with E-state index >= 15 is 0 Å². The monoisotopic (exact) mass is 465 g/mol. The number of nitrogens with two attached hydrogens (primary N) is 1. The molecule has 0 spiro atoms. The van der Waals surface area contributed by atoms with Gasteiger partial charge in [-0.05, 0) is 29.8 Å². The van der Waals surface area contributed by atoms with E-state index in [-0.39, 0.29) is 45.0 Å². The Bertz CT molecular complexity index is 1040. The Kier molecular flexibility index (Phi) is 8.94. The van der Waals surface area contributed by atoms with E-state index in [1.807, 2.05) is 0 Å². The van der Waals surface area contributed by atoms with Gasteiger partial charge in [-0.25, -0.2) is 13.9 Å². The van der Waals surface area contributed by atoms with Crippen LogP contribution in [-0.2, 0) is 19.3 Å². The molecule has 164 valence electrons. The summed E-state index contributed by atoms with van der Waals surface area (Å²) in [6.45, 7) is 0.172. The molecular weight excluding hydrogens is 446 g/mol. The zero-order valence-electron chi connectivity index (χ0n) is 14.8. The molecule has 3 aromatic heterocycles. The van der Waals surface area contributed by atoms with Gasteiger partial charge in [0.15, 0.2) is 0 Å². The van der Waals surface area contributed by atoms with E-state index in [1.165, 1.54) is 34.5 Å². The number of hydrogen-bond donors (Lipinski definition) is 1. The minimum absolute atomic E-state index is 0. The zero-order valence-corrected chi connectivity index (χ0v) is 16.4. The van der Waals surface area contributed by atoms with Crippen molar-refractivity contribution in [2.45, 2.75) is 26.7 Å². The number of halogens is 5. The van der Waals surface area contributed by atoms with Crippen molar-refractivity contribution in [3.63, 3.8) is 0 Å². The van der Waals surface area contributed by atoms with Gasteiger partial charge in [-0.1, -0.05) is 7.43 Å². The lowest BCUT2D eigenvalue weighted by Crippen LogP contribution is -2.26. The zero-order chi connectivity index (χ0) is 20.3. The predicted octanol–water partition coefficient (Wildman–Crippen LogP) is 4.11. The van der Waals surface area contributed by atoms with Crippen molar-refractivity contribution in [1.82, 2.24) is 19.3 Å². The van der Waals surface area contributed by atoms with E-state index in [2.05, 4.69) is 10.1 Å². The second-order valence-electron chi connectivity index (χ2n) is 5.87. The molecule has 0 amide bonds. The minimum Gasteiger partial charge on any atom is -0.327 e. The van der Waals surface area contributed by atoms with Crippen molar-refractivity contribution in [2.75, 3.05) is 6.54 Å². The fourth-order valence-corrected chi connectivity index (χ4v) is 3.41. The lowest BCUT2D eigenvalue weighted by molar-refractivity contribution is -0.141. The van der Waals surface area contributed by atoms with Gasteiger partial charge in [-0.3, -0.25) is 9.55 Å². The van der Waals surface area contributed by atoms with Crippen LogP contribution in [-0.4, -0.2) is 25.9 Å². The standard InChI is InChI=1S/C17H15F4N5OS.CH4.ClH/c18-5-11(6-22)8-26-16(27)25(10-24-26)9-13-2-3-14(28-13)12-1-4-15(23-7-12)17(19,20)21;;/h1-5,7,10H,6,8-9,22H2;1H4;1H/b11-5-;;. The van der Waals surface area contributed by atoms with Crippen LogP contribution in [0.5, 0.6) is 0 Å². The van der Waals surface area contributed by atoms with Gasteiger partial charge in [0.2, 0.25) is 0 Å². The Morgan fingerprint density at radius 1 is 1.23 bits per heavy atom. The molecule has 30 heavy (non-hydrogen) atoms. The summed E-state index contributed by atoms with van der Waals surface area (Å²) in [6, 6.07) is 5.80. The van der Waals surface area contributed by atoms with Gasteiger partial charge >= 0.3 is 11.9 Å². The van der Waals surface area contributed by atoms with Crippen LogP contribution in [0.4, 0.5) is 17.6 Å². The van der Waals surface area contributed by atoms with Crippen molar-refractivity contribution in [1.29, 1.82) is 0 Å². The molecule has 3 heterocycles. The van der Waals surface area contributed by atoms with E-state index in [9.17, 15) is 22.4 Å². The molecule has 0 saturated carbocycles. The third-order valence-corrected chi connectivity index (χ3v) is 5.01. The van der Waals surface area contributed by atoms with Gasteiger partial charge in [0.25, 0.3) is 0 Å². The van der Waals surface area contributed by atoms with Crippen LogP contribution >= 0.6 is 23.7 Å². The van der Waals surface area contributed by atoms with E-state index in [4.69, 9.17) is 5.73 Å². The summed E-state index contributed by atoms with van der Waals surface area (Å²) in [4.78, 5) is 17.3. The molecule has 0 atom stereocenters. The molecule has 2 N–H and O–H groups in total. The van der Waals surface area contributed by atoms with Crippen LogP contribution in [0.15, 0.2) is 53.5 Å². The van der Waals surface area contributed by atoms with Crippen molar-refractivity contribution >= 4 is 23.7 Å². The van der Waals surface area contributed by atoms with Crippen molar-refractivity contribution < 1.29 is 17.6 Å². The molecule has 3 aromatic rings. The highest BCUT2D eigenvalue weighted by Crippen LogP contribution is 2.31. The molecule has 0 aromatic carbocycles. The number of aromatic nitrogens is 4. The van der Waals surface area contributed by atoms with E-state index in [1.54, 1.807) is 12.1 Å². The van der Waals surface area contributed by atoms with Gasteiger partial charge in [-0.2, -0.15) is 18.3 Å². The first-order chi connectivity index (χ1) is 13.3. The summed E-state index contributed by atoms with van der Waals surface area (Å²) < 4.78 is 52.9. The minimum atomic E-state index is -4.48. The summed E-state index contributed by atoms with van der Waals surface area (Å²) >= 11 is 1.33. The average molecular weight is 466 g/mol. The molecule has 0 aliphatic heterocycles. The normalized spacial score (nSPS) is 11.7. The van der Waals surface area contributed by atoms with E-state index in [0.717, 1.165) is 20.5 Å². The lowest BCUT2D eigenvalue weighted by atomic mass is 10.2. The van der Waals surface area contributed by atoms with Gasteiger partial charge in [0.1, 0.15) is 12.0 Å². The number of alkyl halides is 3. The van der Waals surface area contributed by atoms with Crippen LogP contribution in [0, 0.1) is 0 Å². The SMILES string of the molecule is C.Cl.NC/C(=C/F)Cn1ncn(Cc2ccc(-c3ccc(C(F)(F)F)nc3)s2)c1=O. The Labute approximate surface area is 180 Å². The molecule has 0 unspecified atom stereocenters. The van der Waals surface area contributed by atoms with Gasteiger partial charge in [0.05, 0.1) is 19.4 Å². The number of hydrogen-bond acceptors (Lipinski definition) is 5. The molecule has 0 saturated heterocycles. The molecule has 6 nitrogen and oxygen atoms in total. The maximum atomic E-state index is 12.6. The first-order valence-electron chi connectivity index (χ1n) is 8.04. The highest BCUT2D eigenvalue weighted by molar-refractivity contribution is 7.15. The third-order valence-electron chi connectivity index (χ3n) is 3.89. The summed E-state index contributed by atoms with van der Waals surface area (Å²) in [6.07, 6.45) is -1.62. The van der Waals surface area contributed by atoms with Crippen LogP contribution in [0.1, 0.15) is 18.0 Å². The van der Waals surface area contributed by atoms with E-state index < -0.39 is 17.6 Å². The maximum Gasteiger partial charge on any atom is 0.433 e. The summed E-state index contributed by atoms with van der Waals surface area (Å²) in [5.41, 5.74) is 4.79. The predicted molar refractivity (Wildman–Crippen MR) is 110 cm³/mol. The second-order valence-corrected chi connectivity index (χ2v) is 7.03. The van der Waals surface area contributed by atoms with Gasteiger partial charge in [0, 0.05) is 28.1 Å². The summed E-state index contributed by atoms with van der Waals surface area (Å²) in [5, 5.41) is 3.94. The molecular formula is C18H20ClF4N5OS. The lowest BCUT2D eigenvalue weighted by Gasteiger charge is -2.05. The highest BCUT2D eigenvalue weighted by Gasteiger charge is 2.32. The maximum absolute atomic E-state index is 12.6. The Hall–Kier alpha value is -2.50. The molecule has 0 bridgehead atoms. The Morgan fingerprint density at radius 3 is 2.53 bits per heavy atom.